The van der Waals surface area contributed by atoms with Crippen LogP contribution < -0.4 is 5.43 Å². The number of carbonyl (C=O) groups is 1. The van der Waals surface area contributed by atoms with Crippen LogP contribution in [0.3, 0.4) is 0 Å². The van der Waals surface area contributed by atoms with Gasteiger partial charge >= 0.3 is 5.97 Å². The molecule has 0 spiro atoms. The number of pyridine rings is 2. The van der Waals surface area contributed by atoms with E-state index in [1.807, 2.05) is 32.1 Å². The van der Waals surface area contributed by atoms with Crippen molar-refractivity contribution in [2.75, 3.05) is 5.43 Å². The molecule has 22 heavy (non-hydrogen) atoms. The van der Waals surface area contributed by atoms with Crippen LogP contribution in [0.2, 0.25) is 0 Å². The molecule has 0 bridgehead atoms. The van der Waals surface area contributed by atoms with Gasteiger partial charge in [-0.25, -0.2) is 14.8 Å². The molecule has 2 aromatic heterocycles. The monoisotopic (exact) mass is 296 g/mol. The molecule has 6 nitrogen and oxygen atoms in total. The Morgan fingerprint density at radius 2 is 2.05 bits per heavy atom. The summed E-state index contributed by atoms with van der Waals surface area (Å²) in [5.41, 5.74) is 5.49. The van der Waals surface area contributed by atoms with E-state index in [2.05, 4.69) is 20.5 Å². The summed E-state index contributed by atoms with van der Waals surface area (Å²) < 4.78 is 0. The zero-order valence-electron chi connectivity index (χ0n) is 12.3. The maximum atomic E-state index is 10.8. The predicted molar refractivity (Wildman–Crippen MR) is 86.1 cm³/mol. The molecular weight excluding hydrogens is 280 g/mol. The number of allylic oxidation sites excluding steroid dienone is 2. The fraction of sp³-hybridized carbons (Fsp3) is 0.125. The van der Waals surface area contributed by atoms with Gasteiger partial charge in [-0.05, 0) is 37.6 Å². The number of aromatic nitrogens is 2. The lowest BCUT2D eigenvalue weighted by Crippen LogP contribution is -1.99. The molecule has 0 saturated heterocycles. The topological polar surface area (TPSA) is 87.5 Å². The van der Waals surface area contributed by atoms with E-state index in [4.69, 9.17) is 5.11 Å². The fourth-order valence-corrected chi connectivity index (χ4v) is 1.77. The van der Waals surface area contributed by atoms with Gasteiger partial charge in [0.25, 0.3) is 0 Å². The van der Waals surface area contributed by atoms with Gasteiger partial charge in [-0.15, -0.1) is 0 Å². The lowest BCUT2D eigenvalue weighted by molar-refractivity contribution is 0.0690. The Morgan fingerprint density at radius 1 is 1.27 bits per heavy atom. The Balaban J connectivity index is 2.19. The molecule has 0 aromatic carbocycles. The summed E-state index contributed by atoms with van der Waals surface area (Å²) in [6.07, 6.45) is 8.55. The molecule has 0 aliphatic heterocycles. The summed E-state index contributed by atoms with van der Waals surface area (Å²) in [5.74, 6) is -0.376. The van der Waals surface area contributed by atoms with Crippen molar-refractivity contribution in [1.29, 1.82) is 0 Å². The Kier molecular flexibility index (Phi) is 4.98. The minimum absolute atomic E-state index is 0.0186. The van der Waals surface area contributed by atoms with E-state index in [9.17, 15) is 4.79 Å². The average Bonchev–Trinajstić information content (AvgIpc) is 2.53. The first kappa shape index (κ1) is 15.4. The van der Waals surface area contributed by atoms with Crippen LogP contribution in [0.5, 0.6) is 0 Å². The van der Waals surface area contributed by atoms with E-state index >= 15 is 0 Å². The van der Waals surface area contributed by atoms with E-state index in [0.717, 1.165) is 16.7 Å². The first-order valence-corrected chi connectivity index (χ1v) is 6.68. The lowest BCUT2D eigenvalue weighted by Gasteiger charge is -2.07. The summed E-state index contributed by atoms with van der Waals surface area (Å²) in [6, 6.07) is 5.13. The summed E-state index contributed by atoms with van der Waals surface area (Å²) in [6.45, 7) is 3.83. The molecule has 2 N–H and O–H groups in total. The van der Waals surface area contributed by atoms with E-state index < -0.39 is 5.97 Å². The standard InChI is InChI=1S/C16H16N4O2/c1-3-4-7-19-20-15-11(2)8-13(10-18-15)12-5-6-14(16(21)22)17-9-12/h3-10H,1-2H3,(H,18,20)(H,21,22)/b4-3+,19-7+. The smallest absolute Gasteiger partial charge is 0.354 e. The van der Waals surface area contributed by atoms with Crippen LogP contribution in [0.4, 0.5) is 5.82 Å². The summed E-state index contributed by atoms with van der Waals surface area (Å²) >= 11 is 0. The second-order valence-corrected chi connectivity index (χ2v) is 4.54. The van der Waals surface area contributed by atoms with Gasteiger partial charge < -0.3 is 5.11 Å². The van der Waals surface area contributed by atoms with Crippen molar-refractivity contribution >= 4 is 18.0 Å². The molecule has 0 radical (unpaired) electrons. The quantitative estimate of drug-likeness (QED) is 0.654. The molecule has 2 heterocycles. The van der Waals surface area contributed by atoms with E-state index in [-0.39, 0.29) is 5.69 Å². The number of nitrogens with zero attached hydrogens (tertiary/aromatic N) is 3. The van der Waals surface area contributed by atoms with Gasteiger partial charge in [0.1, 0.15) is 11.5 Å². The highest BCUT2D eigenvalue weighted by Gasteiger charge is 2.06. The van der Waals surface area contributed by atoms with Crippen LogP contribution in [0.1, 0.15) is 23.0 Å². The Bertz CT molecular complexity index is 721. The third-order valence-electron chi connectivity index (χ3n) is 2.92. The van der Waals surface area contributed by atoms with Gasteiger partial charge in [-0.1, -0.05) is 12.1 Å². The minimum atomic E-state index is -1.04. The summed E-state index contributed by atoms with van der Waals surface area (Å²) in [5, 5.41) is 12.9. The largest absolute Gasteiger partial charge is 0.477 e. The molecule has 0 fully saturated rings. The normalized spacial score (nSPS) is 11.2. The first-order valence-electron chi connectivity index (χ1n) is 6.68. The predicted octanol–water partition coefficient (Wildman–Crippen LogP) is 3.12. The summed E-state index contributed by atoms with van der Waals surface area (Å²) in [7, 11) is 0. The number of hydrazone groups is 1. The first-order chi connectivity index (χ1) is 10.6. The van der Waals surface area contributed by atoms with Crippen molar-refractivity contribution in [3.05, 3.63) is 54.0 Å². The molecule has 6 heteroatoms. The number of carboxylic acid groups (broad SMARTS) is 1. The van der Waals surface area contributed by atoms with Crippen molar-refractivity contribution in [1.82, 2.24) is 9.97 Å². The molecular formula is C16H16N4O2. The highest BCUT2D eigenvalue weighted by atomic mass is 16.4. The van der Waals surface area contributed by atoms with Crippen LogP contribution in [0.15, 0.2) is 47.8 Å². The van der Waals surface area contributed by atoms with Crippen molar-refractivity contribution in [3.8, 4) is 11.1 Å². The number of hydrogen-bond acceptors (Lipinski definition) is 5. The molecule has 0 saturated carbocycles. The molecule has 0 aliphatic rings. The van der Waals surface area contributed by atoms with Crippen LogP contribution in [-0.4, -0.2) is 27.3 Å². The Morgan fingerprint density at radius 3 is 2.64 bits per heavy atom. The van der Waals surface area contributed by atoms with Gasteiger partial charge in [0, 0.05) is 29.7 Å². The van der Waals surface area contributed by atoms with E-state index in [1.54, 1.807) is 18.5 Å². The third-order valence-corrected chi connectivity index (χ3v) is 2.92. The van der Waals surface area contributed by atoms with Crippen molar-refractivity contribution in [3.63, 3.8) is 0 Å². The second-order valence-electron chi connectivity index (χ2n) is 4.54. The average molecular weight is 296 g/mol. The van der Waals surface area contributed by atoms with Crippen LogP contribution >= 0.6 is 0 Å². The van der Waals surface area contributed by atoms with Gasteiger partial charge in [-0.2, -0.15) is 5.10 Å². The minimum Gasteiger partial charge on any atom is -0.477 e. The number of aryl methyl sites for hydroxylation is 1. The lowest BCUT2D eigenvalue weighted by atomic mass is 10.1. The number of hydrogen-bond donors (Lipinski definition) is 2. The van der Waals surface area contributed by atoms with Crippen LogP contribution in [0.25, 0.3) is 11.1 Å². The van der Waals surface area contributed by atoms with Crippen LogP contribution in [0, 0.1) is 6.92 Å². The zero-order valence-corrected chi connectivity index (χ0v) is 12.3. The molecule has 0 atom stereocenters. The molecule has 0 unspecified atom stereocenters. The Hall–Kier alpha value is -3.02. The summed E-state index contributed by atoms with van der Waals surface area (Å²) in [4.78, 5) is 19.0. The van der Waals surface area contributed by atoms with Gasteiger partial charge in [0.15, 0.2) is 0 Å². The zero-order chi connectivity index (χ0) is 15.9. The highest BCUT2D eigenvalue weighted by Crippen LogP contribution is 2.22. The third kappa shape index (κ3) is 3.76. The number of carboxylic acids is 1. The SMILES string of the molecule is C/C=C/C=N/Nc1ncc(-c2ccc(C(=O)O)nc2)cc1C. The maximum absolute atomic E-state index is 10.8. The second kappa shape index (κ2) is 7.12. The number of nitrogens with one attached hydrogen (secondary N) is 1. The molecule has 112 valence electrons. The van der Waals surface area contributed by atoms with E-state index in [1.165, 1.54) is 12.3 Å². The van der Waals surface area contributed by atoms with Gasteiger partial charge in [0.05, 0.1) is 0 Å². The van der Waals surface area contributed by atoms with Crippen molar-refractivity contribution in [2.45, 2.75) is 13.8 Å². The fourth-order valence-electron chi connectivity index (χ4n) is 1.77. The number of aromatic carboxylic acids is 1. The van der Waals surface area contributed by atoms with Gasteiger partial charge in [-0.3, -0.25) is 5.43 Å². The van der Waals surface area contributed by atoms with Crippen LogP contribution in [-0.2, 0) is 0 Å². The molecule has 0 aliphatic carbocycles. The van der Waals surface area contributed by atoms with Crippen molar-refractivity contribution in [2.24, 2.45) is 5.10 Å². The molecule has 2 rings (SSSR count). The van der Waals surface area contributed by atoms with E-state index in [0.29, 0.717) is 5.82 Å². The maximum Gasteiger partial charge on any atom is 0.354 e. The number of rotatable bonds is 5. The highest BCUT2D eigenvalue weighted by molar-refractivity contribution is 5.85. The number of anilines is 1. The Labute approximate surface area is 128 Å². The molecule has 0 amide bonds. The van der Waals surface area contributed by atoms with Crippen molar-refractivity contribution < 1.29 is 9.90 Å². The van der Waals surface area contributed by atoms with Gasteiger partial charge in [0.2, 0.25) is 0 Å². The molecule has 2 aromatic rings.